The minimum Gasteiger partial charge on any atom is -0.463 e. The maximum Gasteiger partial charge on any atom is 0.231 e. The van der Waals surface area contributed by atoms with Gasteiger partial charge in [-0.2, -0.15) is 5.10 Å². The van der Waals surface area contributed by atoms with Gasteiger partial charge in [-0.05, 0) is 29.8 Å². The third kappa shape index (κ3) is 2.67. The summed E-state index contributed by atoms with van der Waals surface area (Å²) in [4.78, 5) is 4.53. The van der Waals surface area contributed by atoms with E-state index in [0.717, 1.165) is 39.5 Å². The molecule has 0 amide bonds. The van der Waals surface area contributed by atoms with Crippen LogP contribution in [-0.4, -0.2) is 23.4 Å². The van der Waals surface area contributed by atoms with Crippen molar-refractivity contribution in [3.63, 3.8) is 0 Å². The van der Waals surface area contributed by atoms with E-state index in [1.165, 1.54) is 0 Å². The molecule has 0 bridgehead atoms. The lowest BCUT2D eigenvalue weighted by Gasteiger charge is -2.13. The predicted octanol–water partition coefficient (Wildman–Crippen LogP) is 2.61. The van der Waals surface area contributed by atoms with Crippen LogP contribution in [0.25, 0.3) is 0 Å². The average molecular weight is 315 g/mol. The first kappa shape index (κ1) is 13.3. The number of rotatable bonds is 3. The van der Waals surface area contributed by atoms with Crippen LogP contribution in [0.1, 0.15) is 11.3 Å². The molecule has 7 heteroatoms. The zero-order chi connectivity index (χ0) is 14.8. The normalized spacial score (nSPS) is 18.2. The third-order valence-electron chi connectivity index (χ3n) is 3.28. The second kappa shape index (κ2) is 5.76. The van der Waals surface area contributed by atoms with E-state index in [1.807, 2.05) is 30.3 Å². The summed E-state index contributed by atoms with van der Waals surface area (Å²) >= 11 is 1.61. The fourth-order valence-corrected chi connectivity index (χ4v) is 2.92. The van der Waals surface area contributed by atoms with E-state index in [-0.39, 0.29) is 6.79 Å². The highest BCUT2D eigenvalue weighted by atomic mass is 32.2. The van der Waals surface area contributed by atoms with E-state index in [4.69, 9.17) is 13.9 Å². The van der Waals surface area contributed by atoms with Crippen LogP contribution in [-0.2, 0) is 6.54 Å². The smallest absolute Gasteiger partial charge is 0.231 e. The van der Waals surface area contributed by atoms with E-state index >= 15 is 0 Å². The number of ether oxygens (including phenoxy) is 2. The van der Waals surface area contributed by atoms with Crippen LogP contribution in [0.5, 0.6) is 11.5 Å². The first-order valence-electron chi connectivity index (χ1n) is 6.81. The van der Waals surface area contributed by atoms with Crippen LogP contribution in [0.3, 0.4) is 0 Å². The molecule has 3 heterocycles. The summed E-state index contributed by atoms with van der Waals surface area (Å²) < 4.78 is 16.0. The van der Waals surface area contributed by atoms with Crippen LogP contribution in [0.15, 0.2) is 51.1 Å². The molecular formula is C15H13N3O3S. The predicted molar refractivity (Wildman–Crippen MR) is 84.5 cm³/mol. The quantitative estimate of drug-likeness (QED) is 0.943. The molecule has 22 heavy (non-hydrogen) atoms. The minimum absolute atomic E-state index is 0.287. The standard InChI is InChI=1S/C15H13N3O3S/c1-2-12(19-5-1)11-8-22-15(18-17-11)16-7-10-3-4-13-14(6-10)21-9-20-13/h1-6H,7-9H2,(H,16,18). The van der Waals surface area contributed by atoms with Crippen LogP contribution in [0.2, 0.25) is 0 Å². The number of hydrazone groups is 1. The van der Waals surface area contributed by atoms with Gasteiger partial charge in [0.05, 0.1) is 12.8 Å². The van der Waals surface area contributed by atoms with Gasteiger partial charge in [-0.1, -0.05) is 17.8 Å². The number of aliphatic imine (C=N–C) groups is 1. The Morgan fingerprint density at radius 1 is 1.23 bits per heavy atom. The molecule has 0 radical (unpaired) electrons. The lowest BCUT2D eigenvalue weighted by atomic mass is 10.2. The zero-order valence-electron chi connectivity index (χ0n) is 11.6. The van der Waals surface area contributed by atoms with Crippen molar-refractivity contribution in [1.82, 2.24) is 5.43 Å². The Bertz CT molecular complexity index is 740. The van der Waals surface area contributed by atoms with Gasteiger partial charge in [-0.15, -0.1) is 0 Å². The molecule has 0 aliphatic carbocycles. The zero-order valence-corrected chi connectivity index (χ0v) is 12.4. The molecule has 1 aromatic carbocycles. The lowest BCUT2D eigenvalue weighted by Crippen LogP contribution is -2.25. The first-order valence-corrected chi connectivity index (χ1v) is 7.79. The minimum atomic E-state index is 0.287. The fourth-order valence-electron chi connectivity index (χ4n) is 2.17. The summed E-state index contributed by atoms with van der Waals surface area (Å²) in [5.41, 5.74) is 4.92. The van der Waals surface area contributed by atoms with E-state index in [1.54, 1.807) is 18.0 Å². The highest BCUT2D eigenvalue weighted by Crippen LogP contribution is 2.32. The van der Waals surface area contributed by atoms with Crippen molar-refractivity contribution in [3.05, 3.63) is 47.9 Å². The van der Waals surface area contributed by atoms with Crippen molar-refractivity contribution in [2.75, 3.05) is 12.5 Å². The number of nitrogens with zero attached hydrogens (tertiary/aromatic N) is 2. The summed E-state index contributed by atoms with van der Waals surface area (Å²) in [6.45, 7) is 0.854. The number of nitrogens with one attached hydrogen (secondary N) is 1. The van der Waals surface area contributed by atoms with Crippen molar-refractivity contribution in [3.8, 4) is 11.5 Å². The van der Waals surface area contributed by atoms with E-state index < -0.39 is 0 Å². The van der Waals surface area contributed by atoms with Gasteiger partial charge in [-0.3, -0.25) is 10.4 Å². The molecule has 0 atom stereocenters. The Morgan fingerprint density at radius 3 is 3.00 bits per heavy atom. The Morgan fingerprint density at radius 2 is 2.18 bits per heavy atom. The van der Waals surface area contributed by atoms with Gasteiger partial charge < -0.3 is 13.9 Å². The molecule has 0 unspecified atom stereocenters. The van der Waals surface area contributed by atoms with Crippen molar-refractivity contribution in [2.45, 2.75) is 6.54 Å². The second-order valence-electron chi connectivity index (χ2n) is 4.75. The van der Waals surface area contributed by atoms with Crippen LogP contribution in [0.4, 0.5) is 0 Å². The summed E-state index contributed by atoms with van der Waals surface area (Å²) in [6, 6.07) is 9.61. The van der Waals surface area contributed by atoms with Gasteiger partial charge in [0.15, 0.2) is 22.4 Å². The molecule has 4 rings (SSSR count). The van der Waals surface area contributed by atoms with Crippen LogP contribution < -0.4 is 14.9 Å². The summed E-state index contributed by atoms with van der Waals surface area (Å²) in [6.07, 6.45) is 1.64. The third-order valence-corrected chi connectivity index (χ3v) is 4.19. The number of fused-ring (bicyclic) bond motifs is 1. The van der Waals surface area contributed by atoms with Crippen molar-refractivity contribution < 1.29 is 13.9 Å². The molecule has 0 saturated carbocycles. The van der Waals surface area contributed by atoms with Gasteiger partial charge in [0.2, 0.25) is 6.79 Å². The number of thioether (sulfide) groups is 1. The molecule has 2 aliphatic heterocycles. The number of hydrogen-bond acceptors (Lipinski definition) is 6. The molecule has 0 spiro atoms. The molecule has 2 aromatic rings. The van der Waals surface area contributed by atoms with Crippen molar-refractivity contribution >= 4 is 22.6 Å². The van der Waals surface area contributed by atoms with Crippen molar-refractivity contribution in [2.24, 2.45) is 10.1 Å². The topological polar surface area (TPSA) is 68.4 Å². The van der Waals surface area contributed by atoms with Crippen LogP contribution >= 0.6 is 11.8 Å². The molecule has 1 N–H and O–H groups in total. The Balaban J connectivity index is 1.42. The average Bonchev–Trinajstić information content (AvgIpc) is 3.24. The molecular weight excluding hydrogens is 302 g/mol. The number of hydrogen-bond donors (Lipinski definition) is 1. The number of amidine groups is 1. The monoisotopic (exact) mass is 315 g/mol. The second-order valence-corrected chi connectivity index (χ2v) is 5.71. The molecule has 0 saturated heterocycles. The first-order chi connectivity index (χ1) is 10.9. The van der Waals surface area contributed by atoms with E-state index in [0.29, 0.717) is 6.54 Å². The molecule has 0 fully saturated rings. The molecule has 2 aliphatic rings. The maximum atomic E-state index is 5.36. The maximum absolute atomic E-state index is 5.36. The largest absolute Gasteiger partial charge is 0.463 e. The Hall–Kier alpha value is -2.41. The lowest BCUT2D eigenvalue weighted by molar-refractivity contribution is 0.174. The van der Waals surface area contributed by atoms with Crippen LogP contribution in [0, 0.1) is 0 Å². The number of furan rings is 1. The summed E-state index contributed by atoms with van der Waals surface area (Å²) in [5.74, 6) is 3.09. The fraction of sp³-hybridized carbons (Fsp3) is 0.200. The number of benzene rings is 1. The van der Waals surface area contributed by atoms with Gasteiger partial charge in [0.1, 0.15) is 5.71 Å². The van der Waals surface area contributed by atoms with Gasteiger partial charge >= 0.3 is 0 Å². The molecule has 112 valence electrons. The van der Waals surface area contributed by atoms with Gasteiger partial charge in [0.25, 0.3) is 0 Å². The van der Waals surface area contributed by atoms with Crippen molar-refractivity contribution in [1.29, 1.82) is 0 Å². The van der Waals surface area contributed by atoms with Gasteiger partial charge in [-0.25, -0.2) is 0 Å². The highest BCUT2D eigenvalue weighted by molar-refractivity contribution is 8.14. The van der Waals surface area contributed by atoms with E-state index in [9.17, 15) is 0 Å². The summed E-state index contributed by atoms with van der Waals surface area (Å²) in [5, 5.41) is 5.10. The Labute approximate surface area is 131 Å². The molecule has 1 aromatic heterocycles. The SMILES string of the molecule is c1coc(C2=NNC(=NCc3ccc4c(c3)OCO4)SC2)c1. The highest BCUT2D eigenvalue weighted by Gasteiger charge is 2.15. The summed E-state index contributed by atoms with van der Waals surface area (Å²) in [7, 11) is 0. The molecule has 6 nitrogen and oxygen atoms in total. The Kier molecular flexibility index (Phi) is 3.48. The van der Waals surface area contributed by atoms with Gasteiger partial charge in [0, 0.05) is 5.75 Å². The van der Waals surface area contributed by atoms with E-state index in [2.05, 4.69) is 15.5 Å².